The molecule has 3 aliphatic heterocycles. The Bertz CT molecular complexity index is 983. The number of likely N-dealkylation sites (tertiary alicyclic amines) is 1. The third kappa shape index (κ3) is 3.88. The van der Waals surface area contributed by atoms with Crippen molar-refractivity contribution in [2.75, 3.05) is 13.2 Å². The van der Waals surface area contributed by atoms with Crippen LogP contribution in [0.3, 0.4) is 0 Å². The van der Waals surface area contributed by atoms with Crippen LogP contribution in [0.25, 0.3) is 0 Å². The fraction of sp³-hybridized carbons (Fsp3) is 0.667. The monoisotopic (exact) mass is 500 g/mol. The van der Waals surface area contributed by atoms with E-state index >= 15 is 0 Å². The maximum absolute atomic E-state index is 14.2. The summed E-state index contributed by atoms with van der Waals surface area (Å²) in [4.78, 5) is 43.1. The Balaban J connectivity index is 1.57. The van der Waals surface area contributed by atoms with Gasteiger partial charge in [0.2, 0.25) is 11.8 Å². The summed E-state index contributed by atoms with van der Waals surface area (Å²) in [6.45, 7) is 3.78. The lowest BCUT2D eigenvalue weighted by Gasteiger charge is -2.38. The lowest BCUT2D eigenvalue weighted by atomic mass is 9.66. The van der Waals surface area contributed by atoms with E-state index < -0.39 is 33.4 Å². The molecule has 4 fully saturated rings. The third-order valence-corrected chi connectivity index (χ3v) is 10.6. The minimum atomic E-state index is -0.745. The molecule has 1 aliphatic carbocycles. The standard InChI is InChI=1S/C27H36N2O5S/c1-3-34-25(33)21-20-24(32)29(19(16-30)17-10-6-4-7-11-17)22(27(20)15-14-26(21,2)35-27)23(31)28-18-12-8-5-9-13-18/h4,6-7,10-11,18-22,30H,3,5,8-9,12-16H2,1-2H3,(H,28,31)/t19-,20+,21+,22?,26-,27?/m1/s1. The van der Waals surface area contributed by atoms with Gasteiger partial charge in [0.15, 0.2) is 0 Å². The number of carbonyl (C=O) groups excluding carboxylic acids is 3. The largest absolute Gasteiger partial charge is 0.466 e. The highest BCUT2D eigenvalue weighted by molar-refractivity contribution is 8.02. The second kappa shape index (κ2) is 9.43. The Morgan fingerprint density at radius 2 is 1.91 bits per heavy atom. The number of hydrogen-bond acceptors (Lipinski definition) is 6. The number of amides is 2. The Hall–Kier alpha value is -2.06. The predicted molar refractivity (Wildman–Crippen MR) is 133 cm³/mol. The minimum Gasteiger partial charge on any atom is -0.466 e. The molecular weight excluding hydrogens is 464 g/mol. The zero-order valence-corrected chi connectivity index (χ0v) is 21.4. The number of hydrogen-bond donors (Lipinski definition) is 2. The molecule has 2 bridgehead atoms. The average Bonchev–Trinajstić information content (AvgIpc) is 3.42. The number of aliphatic hydroxyl groups excluding tert-OH is 1. The number of benzene rings is 1. The number of carbonyl (C=O) groups is 3. The third-order valence-electron chi connectivity index (χ3n) is 8.65. The zero-order valence-electron chi connectivity index (χ0n) is 20.6. The summed E-state index contributed by atoms with van der Waals surface area (Å²) in [5.41, 5.74) is 0.786. The highest BCUT2D eigenvalue weighted by atomic mass is 32.2. The Labute approximate surface area is 211 Å². The highest BCUT2D eigenvalue weighted by Crippen LogP contribution is 2.72. The number of rotatable bonds is 7. The van der Waals surface area contributed by atoms with E-state index in [9.17, 15) is 19.5 Å². The second-order valence-electron chi connectivity index (χ2n) is 10.7. The van der Waals surface area contributed by atoms with Gasteiger partial charge in [0.25, 0.3) is 0 Å². The van der Waals surface area contributed by atoms with Crippen LogP contribution in [0.4, 0.5) is 0 Å². The smallest absolute Gasteiger partial charge is 0.311 e. The summed E-state index contributed by atoms with van der Waals surface area (Å²) in [6.07, 6.45) is 6.69. The summed E-state index contributed by atoms with van der Waals surface area (Å²) in [5.74, 6) is -1.95. The van der Waals surface area contributed by atoms with Crippen molar-refractivity contribution in [2.45, 2.75) is 86.4 Å². The van der Waals surface area contributed by atoms with E-state index in [1.54, 1.807) is 23.6 Å². The van der Waals surface area contributed by atoms with E-state index in [0.29, 0.717) is 6.42 Å². The zero-order chi connectivity index (χ0) is 24.8. The lowest BCUT2D eigenvalue weighted by molar-refractivity contribution is -0.155. The molecule has 7 nitrogen and oxygen atoms in total. The van der Waals surface area contributed by atoms with Crippen molar-refractivity contribution in [1.82, 2.24) is 10.2 Å². The number of esters is 1. The molecule has 6 atom stereocenters. The van der Waals surface area contributed by atoms with Gasteiger partial charge in [-0.2, -0.15) is 0 Å². The van der Waals surface area contributed by atoms with Gasteiger partial charge in [0.1, 0.15) is 6.04 Å². The number of fused-ring (bicyclic) bond motifs is 1. The van der Waals surface area contributed by atoms with E-state index in [0.717, 1.165) is 37.7 Å². The molecule has 4 aliphatic rings. The van der Waals surface area contributed by atoms with Gasteiger partial charge in [-0.15, -0.1) is 11.8 Å². The Kier molecular flexibility index (Phi) is 6.64. The molecule has 1 aromatic rings. The Morgan fingerprint density at radius 3 is 2.57 bits per heavy atom. The van der Waals surface area contributed by atoms with Crippen LogP contribution in [0.1, 0.15) is 70.4 Å². The quantitative estimate of drug-likeness (QED) is 0.558. The summed E-state index contributed by atoms with van der Waals surface area (Å²) in [6, 6.07) is 8.10. The molecule has 35 heavy (non-hydrogen) atoms. The molecule has 3 saturated heterocycles. The van der Waals surface area contributed by atoms with Gasteiger partial charge in [0, 0.05) is 10.8 Å². The van der Waals surface area contributed by atoms with Gasteiger partial charge in [-0.3, -0.25) is 14.4 Å². The van der Waals surface area contributed by atoms with Crippen molar-refractivity contribution < 1.29 is 24.2 Å². The molecule has 1 spiro atoms. The number of thioether (sulfide) groups is 1. The van der Waals surface area contributed by atoms with Crippen LogP contribution in [0, 0.1) is 11.8 Å². The first-order valence-corrected chi connectivity index (χ1v) is 13.8. The topological polar surface area (TPSA) is 95.9 Å². The van der Waals surface area contributed by atoms with Crippen molar-refractivity contribution in [1.29, 1.82) is 0 Å². The van der Waals surface area contributed by atoms with Crippen LogP contribution in [-0.4, -0.2) is 62.6 Å². The van der Waals surface area contributed by atoms with Gasteiger partial charge in [-0.1, -0.05) is 49.6 Å². The van der Waals surface area contributed by atoms with Gasteiger partial charge in [0.05, 0.1) is 35.8 Å². The highest BCUT2D eigenvalue weighted by Gasteiger charge is 2.78. The van der Waals surface area contributed by atoms with Crippen LogP contribution < -0.4 is 5.32 Å². The first-order valence-electron chi connectivity index (χ1n) is 13.0. The number of ether oxygens (including phenoxy) is 1. The molecule has 1 saturated carbocycles. The fourth-order valence-electron chi connectivity index (χ4n) is 7.15. The fourth-order valence-corrected chi connectivity index (χ4v) is 9.48. The van der Waals surface area contributed by atoms with E-state index in [1.165, 1.54) is 6.42 Å². The van der Waals surface area contributed by atoms with Gasteiger partial charge >= 0.3 is 5.97 Å². The molecule has 8 heteroatoms. The van der Waals surface area contributed by atoms with Crippen molar-refractivity contribution in [3.8, 4) is 0 Å². The Morgan fingerprint density at radius 1 is 1.20 bits per heavy atom. The minimum absolute atomic E-state index is 0.105. The van der Waals surface area contributed by atoms with Crippen molar-refractivity contribution in [2.24, 2.45) is 11.8 Å². The molecule has 0 aromatic heterocycles. The van der Waals surface area contributed by atoms with Crippen molar-refractivity contribution in [3.63, 3.8) is 0 Å². The SMILES string of the molecule is CCOC(=O)[C@@H]1[C@H]2C(=O)N([C@H](CO)c3ccccc3)C(C(=O)NC3CCCCC3)C23CC[C@@]1(C)S3. The van der Waals surface area contributed by atoms with E-state index in [4.69, 9.17) is 4.74 Å². The van der Waals surface area contributed by atoms with Crippen LogP contribution in [0.15, 0.2) is 30.3 Å². The molecule has 5 rings (SSSR count). The summed E-state index contributed by atoms with van der Waals surface area (Å²) in [5, 5.41) is 13.8. The van der Waals surface area contributed by atoms with Crippen molar-refractivity contribution >= 4 is 29.5 Å². The molecular formula is C27H36N2O5S. The van der Waals surface area contributed by atoms with Gasteiger partial charge in [-0.25, -0.2) is 0 Å². The predicted octanol–water partition coefficient (Wildman–Crippen LogP) is 3.21. The normalized spacial score (nSPS) is 35.1. The van der Waals surface area contributed by atoms with Crippen LogP contribution >= 0.6 is 11.8 Å². The van der Waals surface area contributed by atoms with E-state index in [1.807, 2.05) is 37.3 Å². The first kappa shape index (κ1) is 24.6. The average molecular weight is 501 g/mol. The molecule has 2 amide bonds. The molecule has 2 unspecified atom stereocenters. The van der Waals surface area contributed by atoms with E-state index in [2.05, 4.69) is 5.32 Å². The first-order chi connectivity index (χ1) is 16.9. The molecule has 2 N–H and O–H groups in total. The van der Waals surface area contributed by atoms with Gasteiger partial charge < -0.3 is 20.1 Å². The van der Waals surface area contributed by atoms with Crippen LogP contribution in [0.5, 0.6) is 0 Å². The van der Waals surface area contributed by atoms with Crippen LogP contribution in [-0.2, 0) is 19.1 Å². The number of aliphatic hydroxyl groups is 1. The summed E-state index contributed by atoms with van der Waals surface area (Å²) >= 11 is 1.64. The van der Waals surface area contributed by atoms with E-state index in [-0.39, 0.29) is 37.0 Å². The lowest BCUT2D eigenvalue weighted by Crippen LogP contribution is -2.56. The molecule has 0 radical (unpaired) electrons. The summed E-state index contributed by atoms with van der Waals surface area (Å²) in [7, 11) is 0. The number of nitrogens with zero attached hydrogens (tertiary/aromatic N) is 1. The molecule has 190 valence electrons. The molecule has 1 aromatic carbocycles. The molecule has 3 heterocycles. The maximum Gasteiger partial charge on any atom is 0.311 e. The van der Waals surface area contributed by atoms with Crippen LogP contribution in [0.2, 0.25) is 0 Å². The second-order valence-corrected chi connectivity index (χ2v) is 12.6. The summed E-state index contributed by atoms with van der Waals surface area (Å²) < 4.78 is 4.30. The van der Waals surface area contributed by atoms with Crippen molar-refractivity contribution in [3.05, 3.63) is 35.9 Å². The maximum atomic E-state index is 14.2. The van der Waals surface area contributed by atoms with Gasteiger partial charge in [-0.05, 0) is 45.1 Å². The number of nitrogens with one attached hydrogen (secondary N) is 1.